The van der Waals surface area contributed by atoms with Crippen LogP contribution in [0.2, 0.25) is 0 Å². The molecule has 0 bridgehead atoms. The van der Waals surface area contributed by atoms with E-state index in [2.05, 4.69) is 55.1 Å². The highest BCUT2D eigenvalue weighted by Gasteiger charge is 2.09. The van der Waals surface area contributed by atoms with Crippen LogP contribution in [0.4, 0.5) is 5.82 Å². The van der Waals surface area contributed by atoms with E-state index in [1.54, 1.807) is 0 Å². The Morgan fingerprint density at radius 3 is 2.14 bits per heavy atom. The first-order valence-corrected chi connectivity index (χ1v) is 7.34. The molecule has 1 aromatic heterocycles. The number of rotatable bonds is 5. The van der Waals surface area contributed by atoms with Crippen molar-refractivity contribution >= 4 is 5.82 Å². The lowest BCUT2D eigenvalue weighted by Crippen LogP contribution is -2.03. The van der Waals surface area contributed by atoms with Gasteiger partial charge in [0.2, 0.25) is 5.88 Å². The number of anilines is 1. The van der Waals surface area contributed by atoms with Crippen LogP contribution >= 0.6 is 0 Å². The Hall–Kier alpha value is -2.10. The Kier molecular flexibility index (Phi) is 4.78. The average molecular weight is 285 g/mol. The van der Waals surface area contributed by atoms with Gasteiger partial charge in [-0.15, -0.1) is 0 Å². The number of benzene rings is 1. The molecule has 0 spiro atoms. The summed E-state index contributed by atoms with van der Waals surface area (Å²) in [6.07, 6.45) is 0. The molecule has 1 N–H and O–H groups in total. The Morgan fingerprint density at radius 1 is 0.952 bits per heavy atom. The second-order valence-corrected chi connectivity index (χ2v) is 5.68. The van der Waals surface area contributed by atoms with Crippen LogP contribution in [0.3, 0.4) is 0 Å². The summed E-state index contributed by atoms with van der Waals surface area (Å²) in [5, 5.41) is 3.04. The smallest absolute Gasteiger partial charge is 0.224 e. The molecule has 0 fully saturated rings. The van der Waals surface area contributed by atoms with Crippen LogP contribution in [0.15, 0.2) is 30.3 Å². The molecule has 2 rings (SSSR count). The molecule has 1 aromatic carbocycles. The highest BCUT2D eigenvalue weighted by Crippen LogP contribution is 2.25. The van der Waals surface area contributed by atoms with Gasteiger partial charge in [-0.2, -0.15) is 4.98 Å². The minimum Gasteiger partial charge on any atom is -0.439 e. The van der Waals surface area contributed by atoms with Gasteiger partial charge in [0, 0.05) is 19.0 Å². The molecule has 0 atom stereocenters. The highest BCUT2D eigenvalue weighted by molar-refractivity contribution is 5.40. The topological polar surface area (TPSA) is 47.0 Å². The van der Waals surface area contributed by atoms with E-state index < -0.39 is 0 Å². The van der Waals surface area contributed by atoms with Gasteiger partial charge in [-0.05, 0) is 23.6 Å². The summed E-state index contributed by atoms with van der Waals surface area (Å²) in [5.41, 5.74) is 1.30. The van der Waals surface area contributed by atoms with Crippen molar-refractivity contribution in [3.63, 3.8) is 0 Å². The summed E-state index contributed by atoms with van der Waals surface area (Å²) in [4.78, 5) is 8.89. The molecule has 0 aliphatic rings. The molecule has 0 aliphatic heterocycles. The SMILES string of the molecule is CNc1cc(Oc2ccc(C(C)C)cc2)nc(C(C)C)n1. The van der Waals surface area contributed by atoms with Gasteiger partial charge in [0.05, 0.1) is 0 Å². The summed E-state index contributed by atoms with van der Waals surface area (Å²) < 4.78 is 5.86. The number of ether oxygens (including phenoxy) is 1. The summed E-state index contributed by atoms with van der Waals surface area (Å²) in [6.45, 7) is 8.48. The monoisotopic (exact) mass is 285 g/mol. The number of hydrogen-bond donors (Lipinski definition) is 1. The number of hydrogen-bond acceptors (Lipinski definition) is 4. The zero-order chi connectivity index (χ0) is 15.4. The minimum absolute atomic E-state index is 0.254. The lowest BCUT2D eigenvalue weighted by molar-refractivity contribution is 0.457. The minimum atomic E-state index is 0.254. The molecule has 112 valence electrons. The van der Waals surface area contributed by atoms with Gasteiger partial charge in [0.1, 0.15) is 17.4 Å². The standard InChI is InChI=1S/C17H23N3O/c1-11(2)13-6-8-14(9-7-13)21-16-10-15(18-5)19-17(20-16)12(3)4/h6-12H,1-5H3,(H,18,19,20). The molecule has 21 heavy (non-hydrogen) atoms. The van der Waals surface area contributed by atoms with Gasteiger partial charge in [-0.25, -0.2) is 4.98 Å². The third-order valence-corrected chi connectivity index (χ3v) is 3.26. The molecule has 1 heterocycles. The molecule has 2 aromatic rings. The van der Waals surface area contributed by atoms with Crippen molar-refractivity contribution in [1.29, 1.82) is 0 Å². The first-order valence-electron chi connectivity index (χ1n) is 7.34. The fourth-order valence-corrected chi connectivity index (χ4v) is 1.92. The van der Waals surface area contributed by atoms with Crippen molar-refractivity contribution in [1.82, 2.24) is 9.97 Å². The van der Waals surface area contributed by atoms with Gasteiger partial charge >= 0.3 is 0 Å². The second-order valence-electron chi connectivity index (χ2n) is 5.68. The van der Waals surface area contributed by atoms with Crippen LogP contribution in [0.5, 0.6) is 11.6 Å². The predicted octanol–water partition coefficient (Wildman–Crippen LogP) is 4.56. The van der Waals surface area contributed by atoms with Crippen LogP contribution in [0.25, 0.3) is 0 Å². The van der Waals surface area contributed by atoms with E-state index in [-0.39, 0.29) is 5.92 Å². The molecular weight excluding hydrogens is 262 g/mol. The third kappa shape index (κ3) is 3.94. The van der Waals surface area contributed by atoms with Gasteiger partial charge < -0.3 is 10.1 Å². The van der Waals surface area contributed by atoms with Crippen LogP contribution in [0.1, 0.15) is 50.9 Å². The molecular formula is C17H23N3O. The van der Waals surface area contributed by atoms with E-state index in [0.717, 1.165) is 17.4 Å². The van der Waals surface area contributed by atoms with Gasteiger partial charge in [-0.1, -0.05) is 39.8 Å². The Bertz CT molecular complexity index is 591. The Labute approximate surface area is 126 Å². The summed E-state index contributed by atoms with van der Waals surface area (Å²) in [6, 6.07) is 9.94. The summed E-state index contributed by atoms with van der Waals surface area (Å²) in [7, 11) is 1.84. The molecule has 4 nitrogen and oxygen atoms in total. The first-order chi connectivity index (χ1) is 9.99. The van der Waals surface area contributed by atoms with E-state index in [0.29, 0.717) is 11.8 Å². The maximum Gasteiger partial charge on any atom is 0.224 e. The van der Waals surface area contributed by atoms with E-state index in [4.69, 9.17) is 4.74 Å². The van der Waals surface area contributed by atoms with Crippen molar-refractivity contribution in [2.24, 2.45) is 0 Å². The fourth-order valence-electron chi connectivity index (χ4n) is 1.92. The van der Waals surface area contributed by atoms with Crippen LogP contribution < -0.4 is 10.1 Å². The Morgan fingerprint density at radius 2 is 1.62 bits per heavy atom. The van der Waals surface area contributed by atoms with Gasteiger partial charge in [0.25, 0.3) is 0 Å². The maximum atomic E-state index is 5.86. The van der Waals surface area contributed by atoms with Crippen molar-refractivity contribution in [3.05, 3.63) is 41.7 Å². The normalized spacial score (nSPS) is 11.0. The zero-order valence-electron chi connectivity index (χ0n) is 13.3. The number of aromatic nitrogens is 2. The van der Waals surface area contributed by atoms with Gasteiger partial charge in [0.15, 0.2) is 0 Å². The zero-order valence-corrected chi connectivity index (χ0v) is 13.3. The second kappa shape index (κ2) is 6.57. The number of nitrogens with one attached hydrogen (secondary N) is 1. The van der Waals surface area contributed by atoms with Crippen molar-refractivity contribution in [2.75, 3.05) is 12.4 Å². The summed E-state index contributed by atoms with van der Waals surface area (Å²) in [5.74, 6) is 3.66. The van der Waals surface area contributed by atoms with E-state index >= 15 is 0 Å². The predicted molar refractivity (Wildman–Crippen MR) is 86.3 cm³/mol. The van der Waals surface area contributed by atoms with E-state index in [1.807, 2.05) is 25.2 Å². The number of nitrogens with zero attached hydrogens (tertiary/aromatic N) is 2. The molecule has 0 radical (unpaired) electrons. The molecule has 4 heteroatoms. The van der Waals surface area contributed by atoms with Crippen molar-refractivity contribution in [3.8, 4) is 11.6 Å². The fraction of sp³-hybridized carbons (Fsp3) is 0.412. The largest absolute Gasteiger partial charge is 0.439 e. The lowest BCUT2D eigenvalue weighted by atomic mass is 10.0. The highest BCUT2D eigenvalue weighted by atomic mass is 16.5. The molecule has 0 amide bonds. The lowest BCUT2D eigenvalue weighted by Gasteiger charge is -2.11. The van der Waals surface area contributed by atoms with Crippen LogP contribution in [-0.2, 0) is 0 Å². The quantitative estimate of drug-likeness (QED) is 0.875. The van der Waals surface area contributed by atoms with Crippen LogP contribution in [0, 0.1) is 0 Å². The summed E-state index contributed by atoms with van der Waals surface area (Å²) >= 11 is 0. The van der Waals surface area contributed by atoms with E-state index in [1.165, 1.54) is 5.56 Å². The van der Waals surface area contributed by atoms with Gasteiger partial charge in [-0.3, -0.25) is 0 Å². The third-order valence-electron chi connectivity index (χ3n) is 3.26. The van der Waals surface area contributed by atoms with Crippen LogP contribution in [-0.4, -0.2) is 17.0 Å². The van der Waals surface area contributed by atoms with E-state index in [9.17, 15) is 0 Å². The first kappa shape index (κ1) is 15.3. The van der Waals surface area contributed by atoms with Crippen molar-refractivity contribution in [2.45, 2.75) is 39.5 Å². The molecule has 0 unspecified atom stereocenters. The molecule has 0 aliphatic carbocycles. The molecule has 0 saturated heterocycles. The molecule has 0 saturated carbocycles. The van der Waals surface area contributed by atoms with Crippen molar-refractivity contribution < 1.29 is 4.74 Å². The average Bonchev–Trinajstić information content (AvgIpc) is 2.47. The maximum absolute atomic E-state index is 5.86. The Balaban J connectivity index is 2.24.